The largest absolute Gasteiger partial charge is 0.348 e. The van der Waals surface area contributed by atoms with Crippen molar-refractivity contribution in [1.29, 1.82) is 0 Å². The molecule has 1 aliphatic rings. The van der Waals surface area contributed by atoms with Crippen LogP contribution in [0.2, 0.25) is 0 Å². The number of thiophene rings is 1. The molecule has 0 unspecified atom stereocenters. The maximum absolute atomic E-state index is 13.0. The summed E-state index contributed by atoms with van der Waals surface area (Å²) < 4.78 is 0. The Morgan fingerprint density at radius 1 is 1.00 bits per heavy atom. The SMILES string of the molecule is Cc1ccc(C(=O)NC(=Cc2cccs2)C(=O)NC2CCCCCCC2)cc1C. The number of amides is 2. The standard InChI is InChI=1S/C24H30N2O2S/c1-17-12-13-19(15-18(17)2)23(27)26-22(16-21-11-8-14-29-21)24(28)25-20-9-6-4-3-5-7-10-20/h8,11-16,20H,3-7,9-10H2,1-2H3,(H,25,28)(H,26,27). The fourth-order valence-corrected chi connectivity index (χ4v) is 4.27. The van der Waals surface area contributed by atoms with E-state index in [4.69, 9.17) is 0 Å². The average molecular weight is 411 g/mol. The van der Waals surface area contributed by atoms with Gasteiger partial charge in [-0.1, -0.05) is 44.2 Å². The smallest absolute Gasteiger partial charge is 0.268 e. The molecule has 29 heavy (non-hydrogen) atoms. The Bertz CT molecular complexity index is 863. The number of aryl methyl sites for hydroxylation is 2. The number of benzene rings is 1. The Morgan fingerprint density at radius 3 is 2.38 bits per heavy atom. The van der Waals surface area contributed by atoms with Crippen LogP contribution in [0.1, 0.15) is 71.3 Å². The molecule has 5 heteroatoms. The molecule has 1 aromatic heterocycles. The fraction of sp³-hybridized carbons (Fsp3) is 0.417. The molecule has 2 amide bonds. The quantitative estimate of drug-likeness (QED) is 0.652. The van der Waals surface area contributed by atoms with Crippen LogP contribution in [0, 0.1) is 13.8 Å². The zero-order valence-corrected chi connectivity index (χ0v) is 18.1. The highest BCUT2D eigenvalue weighted by molar-refractivity contribution is 7.10. The molecule has 4 nitrogen and oxygen atoms in total. The molecule has 1 fully saturated rings. The molecule has 0 atom stereocenters. The fourth-order valence-electron chi connectivity index (χ4n) is 3.61. The average Bonchev–Trinajstić information content (AvgIpc) is 3.18. The highest BCUT2D eigenvalue weighted by Gasteiger charge is 2.19. The summed E-state index contributed by atoms with van der Waals surface area (Å²) in [5.74, 6) is -0.468. The lowest BCUT2D eigenvalue weighted by Crippen LogP contribution is -2.40. The second kappa shape index (κ2) is 10.4. The Morgan fingerprint density at radius 2 is 1.72 bits per heavy atom. The topological polar surface area (TPSA) is 58.2 Å². The van der Waals surface area contributed by atoms with Gasteiger partial charge in [-0.05, 0) is 67.5 Å². The molecular formula is C24H30N2O2S. The van der Waals surface area contributed by atoms with Crippen molar-refractivity contribution in [1.82, 2.24) is 10.6 Å². The van der Waals surface area contributed by atoms with Crippen molar-refractivity contribution < 1.29 is 9.59 Å². The molecule has 0 radical (unpaired) electrons. The zero-order chi connectivity index (χ0) is 20.6. The molecule has 1 aliphatic carbocycles. The second-order valence-electron chi connectivity index (χ2n) is 7.84. The van der Waals surface area contributed by atoms with Gasteiger partial charge in [-0.15, -0.1) is 11.3 Å². The first-order chi connectivity index (χ1) is 14.0. The van der Waals surface area contributed by atoms with E-state index >= 15 is 0 Å². The lowest BCUT2D eigenvalue weighted by Gasteiger charge is -2.22. The molecule has 2 aromatic rings. The van der Waals surface area contributed by atoms with Crippen molar-refractivity contribution in [3.63, 3.8) is 0 Å². The van der Waals surface area contributed by atoms with Crippen molar-refractivity contribution in [2.24, 2.45) is 0 Å². The first kappa shape index (κ1) is 21.3. The van der Waals surface area contributed by atoms with Crippen LogP contribution in [-0.4, -0.2) is 17.9 Å². The summed E-state index contributed by atoms with van der Waals surface area (Å²) in [4.78, 5) is 26.8. The molecule has 0 saturated heterocycles. The second-order valence-corrected chi connectivity index (χ2v) is 8.82. The normalized spacial score (nSPS) is 16.0. The van der Waals surface area contributed by atoms with Crippen LogP contribution in [0.4, 0.5) is 0 Å². The Balaban J connectivity index is 1.76. The van der Waals surface area contributed by atoms with Gasteiger partial charge in [0.2, 0.25) is 0 Å². The summed E-state index contributed by atoms with van der Waals surface area (Å²) in [6.45, 7) is 4.00. The molecular weight excluding hydrogens is 380 g/mol. The van der Waals surface area contributed by atoms with Gasteiger partial charge in [0.05, 0.1) is 0 Å². The molecule has 0 spiro atoms. The van der Waals surface area contributed by atoms with Crippen molar-refractivity contribution in [2.75, 3.05) is 0 Å². The van der Waals surface area contributed by atoms with Crippen LogP contribution < -0.4 is 10.6 Å². The van der Waals surface area contributed by atoms with E-state index in [9.17, 15) is 9.59 Å². The van der Waals surface area contributed by atoms with Gasteiger partial charge >= 0.3 is 0 Å². The molecule has 154 valence electrons. The van der Waals surface area contributed by atoms with Crippen LogP contribution in [-0.2, 0) is 4.79 Å². The first-order valence-corrected chi connectivity index (χ1v) is 11.4. The van der Waals surface area contributed by atoms with Gasteiger partial charge < -0.3 is 10.6 Å². The lowest BCUT2D eigenvalue weighted by atomic mass is 9.96. The van der Waals surface area contributed by atoms with E-state index in [-0.39, 0.29) is 17.9 Å². The maximum Gasteiger partial charge on any atom is 0.268 e. The minimum Gasteiger partial charge on any atom is -0.348 e. The first-order valence-electron chi connectivity index (χ1n) is 10.5. The molecule has 1 aromatic carbocycles. The summed E-state index contributed by atoms with van der Waals surface area (Å²) in [7, 11) is 0. The van der Waals surface area contributed by atoms with Gasteiger partial charge in [-0.25, -0.2) is 0 Å². The van der Waals surface area contributed by atoms with Crippen molar-refractivity contribution in [2.45, 2.75) is 64.8 Å². The predicted octanol–water partition coefficient (Wildman–Crippen LogP) is 5.36. The number of rotatable bonds is 5. The van der Waals surface area contributed by atoms with Crippen LogP contribution in [0.3, 0.4) is 0 Å². The number of hydrogen-bond acceptors (Lipinski definition) is 3. The van der Waals surface area contributed by atoms with E-state index in [2.05, 4.69) is 10.6 Å². The zero-order valence-electron chi connectivity index (χ0n) is 17.3. The number of carbonyl (C=O) groups is 2. The third-order valence-corrected chi connectivity index (χ3v) is 6.35. The summed E-state index contributed by atoms with van der Waals surface area (Å²) >= 11 is 1.54. The van der Waals surface area contributed by atoms with Crippen LogP contribution in [0.15, 0.2) is 41.4 Å². The van der Waals surface area contributed by atoms with E-state index in [1.165, 1.54) is 19.3 Å². The minimum atomic E-state index is -0.260. The van der Waals surface area contributed by atoms with Crippen molar-refractivity contribution in [3.05, 3.63) is 63.0 Å². The van der Waals surface area contributed by atoms with E-state index in [0.29, 0.717) is 11.3 Å². The molecule has 3 rings (SSSR count). The van der Waals surface area contributed by atoms with Crippen molar-refractivity contribution in [3.8, 4) is 0 Å². The number of hydrogen-bond donors (Lipinski definition) is 2. The van der Waals surface area contributed by atoms with E-state index in [0.717, 1.165) is 41.7 Å². The number of carbonyl (C=O) groups excluding carboxylic acids is 2. The molecule has 0 aliphatic heterocycles. The van der Waals surface area contributed by atoms with Gasteiger partial charge in [-0.3, -0.25) is 9.59 Å². The van der Waals surface area contributed by atoms with Gasteiger partial charge in [-0.2, -0.15) is 0 Å². The van der Waals surface area contributed by atoms with E-state index in [1.807, 2.05) is 43.5 Å². The van der Waals surface area contributed by atoms with Gasteiger partial charge in [0, 0.05) is 16.5 Å². The third-order valence-electron chi connectivity index (χ3n) is 5.53. The Labute approximate surface area is 177 Å². The van der Waals surface area contributed by atoms with Gasteiger partial charge in [0.1, 0.15) is 5.70 Å². The summed E-state index contributed by atoms with van der Waals surface area (Å²) in [5, 5.41) is 7.97. The molecule has 1 saturated carbocycles. The van der Waals surface area contributed by atoms with Crippen LogP contribution >= 0.6 is 11.3 Å². The highest BCUT2D eigenvalue weighted by atomic mass is 32.1. The lowest BCUT2D eigenvalue weighted by molar-refractivity contribution is -0.118. The van der Waals surface area contributed by atoms with Gasteiger partial charge in [0.25, 0.3) is 11.8 Å². The highest BCUT2D eigenvalue weighted by Crippen LogP contribution is 2.18. The predicted molar refractivity (Wildman–Crippen MR) is 120 cm³/mol. The summed E-state index contributed by atoms with van der Waals surface area (Å²) in [6, 6.07) is 9.64. The van der Waals surface area contributed by atoms with E-state index in [1.54, 1.807) is 23.5 Å². The third kappa shape index (κ3) is 6.29. The summed E-state index contributed by atoms with van der Waals surface area (Å²) in [5.41, 5.74) is 3.06. The van der Waals surface area contributed by atoms with Crippen LogP contribution in [0.25, 0.3) is 6.08 Å². The van der Waals surface area contributed by atoms with Gasteiger partial charge in [0.15, 0.2) is 0 Å². The van der Waals surface area contributed by atoms with E-state index < -0.39 is 0 Å². The monoisotopic (exact) mass is 410 g/mol. The van der Waals surface area contributed by atoms with Crippen LogP contribution in [0.5, 0.6) is 0 Å². The minimum absolute atomic E-state index is 0.174. The number of nitrogens with one attached hydrogen (secondary N) is 2. The molecule has 2 N–H and O–H groups in total. The Kier molecular flexibility index (Phi) is 7.64. The Hall–Kier alpha value is -2.40. The molecule has 0 bridgehead atoms. The maximum atomic E-state index is 13.0. The van der Waals surface area contributed by atoms with Crippen molar-refractivity contribution >= 4 is 29.2 Å². The summed E-state index contributed by atoms with van der Waals surface area (Å²) in [6.07, 6.45) is 9.81. The molecule has 1 heterocycles.